The van der Waals surface area contributed by atoms with Gasteiger partial charge in [-0.1, -0.05) is 50.0 Å². The number of rotatable bonds is 5. The first-order chi connectivity index (χ1) is 12.8. The summed E-state index contributed by atoms with van der Waals surface area (Å²) in [6.07, 6.45) is 0. The molecule has 0 atom stereocenters. The smallest absolute Gasteiger partial charge is 0.258 e. The Morgan fingerprint density at radius 2 is 1.52 bits per heavy atom. The molecule has 0 radical (unpaired) electrons. The minimum atomic E-state index is -1.79. The van der Waals surface area contributed by atoms with Gasteiger partial charge in [-0.3, -0.25) is 4.79 Å². The van der Waals surface area contributed by atoms with Crippen LogP contribution in [0.5, 0.6) is 11.5 Å². The average molecular weight is 493 g/mol. The number of benzene rings is 2. The Bertz CT molecular complexity index is 1040. The van der Waals surface area contributed by atoms with Gasteiger partial charge in [-0.25, -0.2) is 0 Å². The Morgan fingerprint density at radius 3 is 2.04 bits per heavy atom. The Balaban J connectivity index is 2.39. The Morgan fingerprint density at radius 1 is 0.963 bits per heavy atom. The van der Waals surface area contributed by atoms with Gasteiger partial charge in [0.25, 0.3) is 5.56 Å². The van der Waals surface area contributed by atoms with Crippen molar-refractivity contribution in [2.45, 2.75) is 26.2 Å². The first-order valence-electron chi connectivity index (χ1n) is 8.80. The molecule has 0 saturated heterocycles. The van der Waals surface area contributed by atoms with E-state index < -0.39 is 8.07 Å². The molecule has 1 aromatic heterocycles. The van der Waals surface area contributed by atoms with E-state index in [4.69, 9.17) is 9.47 Å². The highest BCUT2D eigenvalue weighted by Gasteiger charge is 2.27. The van der Waals surface area contributed by atoms with Crippen molar-refractivity contribution in [1.29, 1.82) is 0 Å². The summed E-state index contributed by atoms with van der Waals surface area (Å²) >= 11 is 2.38. The van der Waals surface area contributed by atoms with Gasteiger partial charge in [-0.15, -0.1) is 0 Å². The predicted octanol–water partition coefficient (Wildman–Crippen LogP) is 4.22. The molecule has 3 aromatic rings. The predicted molar refractivity (Wildman–Crippen MR) is 123 cm³/mol. The lowest BCUT2D eigenvalue weighted by atomic mass is 10.1. The molecule has 0 saturated carbocycles. The molecule has 1 heterocycles. The fourth-order valence-corrected chi connectivity index (χ4v) is 8.33. The molecule has 142 valence electrons. The summed E-state index contributed by atoms with van der Waals surface area (Å²) in [5, 5.41) is 2.76. The first-order valence-corrected chi connectivity index (χ1v) is 13.4. The molecule has 0 aliphatic heterocycles. The number of halogens is 1. The van der Waals surface area contributed by atoms with Gasteiger partial charge in [0, 0.05) is 14.3 Å². The SMILES string of the molecule is COc1cc2c(I)c([Si](C)(C)C)n(Cc3ccccc3)c(=O)c2cc1OC. The minimum absolute atomic E-state index is 0.0210. The summed E-state index contributed by atoms with van der Waals surface area (Å²) in [5.74, 6) is 1.22. The third-order valence-electron chi connectivity index (χ3n) is 4.61. The van der Waals surface area contributed by atoms with Crippen LogP contribution in [-0.4, -0.2) is 26.9 Å². The van der Waals surface area contributed by atoms with Crippen molar-refractivity contribution in [3.63, 3.8) is 0 Å². The fourth-order valence-electron chi connectivity index (χ4n) is 3.38. The van der Waals surface area contributed by atoms with Gasteiger partial charge < -0.3 is 14.0 Å². The molecule has 0 unspecified atom stereocenters. The standard InChI is InChI=1S/C21H24INO3Si/c1-25-17-11-15-16(12-18(17)26-2)20(24)23(13-14-9-7-6-8-10-14)21(19(15)22)27(3,4)5/h6-12H,13H2,1-5H3. The lowest BCUT2D eigenvalue weighted by Crippen LogP contribution is -2.51. The summed E-state index contributed by atoms with van der Waals surface area (Å²) < 4.78 is 14.0. The second kappa shape index (κ2) is 7.67. The van der Waals surface area contributed by atoms with Crippen LogP contribution >= 0.6 is 22.6 Å². The van der Waals surface area contributed by atoms with Gasteiger partial charge in [-0.2, -0.15) is 0 Å². The maximum absolute atomic E-state index is 13.5. The monoisotopic (exact) mass is 493 g/mol. The van der Waals surface area contributed by atoms with Gasteiger partial charge in [0.05, 0.1) is 26.2 Å². The molecule has 0 fully saturated rings. The molecule has 27 heavy (non-hydrogen) atoms. The van der Waals surface area contributed by atoms with Crippen molar-refractivity contribution in [3.05, 3.63) is 62.0 Å². The van der Waals surface area contributed by atoms with Crippen molar-refractivity contribution in [1.82, 2.24) is 4.57 Å². The van der Waals surface area contributed by atoms with E-state index in [1.807, 2.05) is 28.8 Å². The third-order valence-corrected chi connectivity index (χ3v) is 8.15. The fraction of sp³-hybridized carbons (Fsp3) is 0.286. The molecule has 2 aromatic carbocycles. The molecule has 0 N–H and O–H groups in total. The maximum Gasteiger partial charge on any atom is 0.258 e. The minimum Gasteiger partial charge on any atom is -0.493 e. The third kappa shape index (κ3) is 3.78. The largest absolute Gasteiger partial charge is 0.493 e. The van der Waals surface area contributed by atoms with Crippen molar-refractivity contribution >= 4 is 46.8 Å². The first kappa shape index (κ1) is 19.9. The van der Waals surface area contributed by atoms with E-state index in [0.717, 1.165) is 19.8 Å². The Kier molecular flexibility index (Phi) is 5.67. The second-order valence-electron chi connectivity index (χ2n) is 7.54. The van der Waals surface area contributed by atoms with Crippen LogP contribution in [0.25, 0.3) is 10.8 Å². The highest BCUT2D eigenvalue weighted by atomic mass is 127. The van der Waals surface area contributed by atoms with Crippen LogP contribution in [0.2, 0.25) is 19.6 Å². The van der Waals surface area contributed by atoms with E-state index in [2.05, 4.69) is 54.4 Å². The van der Waals surface area contributed by atoms with E-state index >= 15 is 0 Å². The topological polar surface area (TPSA) is 40.5 Å². The number of pyridine rings is 1. The van der Waals surface area contributed by atoms with Crippen LogP contribution in [0.4, 0.5) is 0 Å². The molecule has 4 nitrogen and oxygen atoms in total. The zero-order valence-corrected chi connectivity index (χ0v) is 19.5. The van der Waals surface area contributed by atoms with E-state index in [9.17, 15) is 4.79 Å². The van der Waals surface area contributed by atoms with Crippen LogP contribution in [-0.2, 0) is 6.54 Å². The number of hydrogen-bond acceptors (Lipinski definition) is 3. The molecule has 0 aliphatic rings. The molecule has 0 bridgehead atoms. The van der Waals surface area contributed by atoms with Crippen molar-refractivity contribution < 1.29 is 9.47 Å². The molecule has 3 rings (SSSR count). The van der Waals surface area contributed by atoms with Crippen LogP contribution in [0.1, 0.15) is 5.56 Å². The Hall–Kier alpha value is -1.80. The molecule has 6 heteroatoms. The van der Waals surface area contributed by atoms with E-state index in [0.29, 0.717) is 23.4 Å². The average Bonchev–Trinajstić information content (AvgIpc) is 2.64. The zero-order chi connectivity index (χ0) is 19.8. The highest BCUT2D eigenvalue weighted by Crippen LogP contribution is 2.33. The van der Waals surface area contributed by atoms with Crippen LogP contribution < -0.4 is 20.4 Å². The van der Waals surface area contributed by atoms with Gasteiger partial charge >= 0.3 is 0 Å². The van der Waals surface area contributed by atoms with Gasteiger partial charge in [0.15, 0.2) is 11.5 Å². The number of methoxy groups -OCH3 is 2. The number of hydrogen-bond donors (Lipinski definition) is 0. The van der Waals surface area contributed by atoms with E-state index in [-0.39, 0.29) is 5.56 Å². The molecular formula is C21H24INO3Si. The van der Waals surface area contributed by atoms with Crippen LogP contribution in [0, 0.1) is 3.57 Å². The molecule has 0 amide bonds. The highest BCUT2D eigenvalue weighted by molar-refractivity contribution is 14.1. The number of fused-ring (bicyclic) bond motifs is 1. The molecule has 0 aliphatic carbocycles. The zero-order valence-electron chi connectivity index (χ0n) is 16.3. The Labute approximate surface area is 174 Å². The van der Waals surface area contributed by atoms with Crippen molar-refractivity contribution in [2.24, 2.45) is 0 Å². The van der Waals surface area contributed by atoms with Gasteiger partial charge in [0.2, 0.25) is 0 Å². The number of ether oxygens (including phenoxy) is 2. The molecule has 0 spiro atoms. The normalized spacial score (nSPS) is 11.6. The van der Waals surface area contributed by atoms with Gasteiger partial charge in [-0.05, 0) is 40.3 Å². The van der Waals surface area contributed by atoms with Gasteiger partial charge in [0.1, 0.15) is 8.07 Å². The van der Waals surface area contributed by atoms with Crippen LogP contribution in [0.3, 0.4) is 0 Å². The van der Waals surface area contributed by atoms with Crippen molar-refractivity contribution in [3.8, 4) is 11.5 Å². The maximum atomic E-state index is 13.5. The number of nitrogens with zero attached hydrogens (tertiary/aromatic N) is 1. The molecular weight excluding hydrogens is 469 g/mol. The quantitative estimate of drug-likeness (QED) is 0.395. The summed E-state index contributed by atoms with van der Waals surface area (Å²) in [7, 11) is 1.42. The summed E-state index contributed by atoms with van der Waals surface area (Å²) in [6.45, 7) is 7.40. The van der Waals surface area contributed by atoms with E-state index in [1.54, 1.807) is 20.3 Å². The summed E-state index contributed by atoms with van der Waals surface area (Å²) in [5.41, 5.74) is 1.14. The lowest BCUT2D eigenvalue weighted by molar-refractivity contribution is 0.356. The summed E-state index contributed by atoms with van der Waals surface area (Å²) in [6, 6.07) is 13.9. The van der Waals surface area contributed by atoms with Crippen LogP contribution in [0.15, 0.2) is 47.3 Å². The van der Waals surface area contributed by atoms with E-state index in [1.165, 1.54) is 0 Å². The van der Waals surface area contributed by atoms with Crippen molar-refractivity contribution in [2.75, 3.05) is 14.2 Å². The summed E-state index contributed by atoms with van der Waals surface area (Å²) in [4.78, 5) is 13.5. The lowest BCUT2D eigenvalue weighted by Gasteiger charge is -2.26. The second-order valence-corrected chi connectivity index (χ2v) is 13.6. The number of aromatic nitrogens is 1.